The zero-order valence-corrected chi connectivity index (χ0v) is 26.0. The third-order valence-electron chi connectivity index (χ3n) is 6.85. The van der Waals surface area contributed by atoms with Gasteiger partial charge in [0.1, 0.15) is 12.3 Å². The molecule has 0 saturated carbocycles. The van der Waals surface area contributed by atoms with Crippen molar-refractivity contribution in [2.24, 2.45) is 5.10 Å². The number of hydrogen-bond acceptors (Lipinski definition) is 6. The quantitative estimate of drug-likeness (QED) is 0.168. The number of benzene rings is 4. The van der Waals surface area contributed by atoms with Gasteiger partial charge in [-0.15, -0.1) is 0 Å². The van der Waals surface area contributed by atoms with Crippen molar-refractivity contribution in [2.75, 3.05) is 17.5 Å². The Bertz CT molecular complexity index is 1720. The summed E-state index contributed by atoms with van der Waals surface area (Å²) >= 11 is 0. The van der Waals surface area contributed by atoms with Gasteiger partial charge in [-0.25, -0.2) is 13.8 Å². The Hall–Kier alpha value is -4.96. The average Bonchev–Trinajstić information content (AvgIpc) is 3.00. The molecule has 0 bridgehead atoms. The number of carbonyl (C=O) groups excluding carboxylic acids is 2. The second-order valence-electron chi connectivity index (χ2n) is 10.5. The van der Waals surface area contributed by atoms with Crippen LogP contribution in [0.15, 0.2) is 107 Å². The normalized spacial score (nSPS) is 12.0. The summed E-state index contributed by atoms with van der Waals surface area (Å²) in [5.74, 6) is -0.347. The molecule has 0 aliphatic heterocycles. The number of aryl methyl sites for hydroxylation is 3. The monoisotopic (exact) mass is 612 g/mol. The molecule has 2 N–H and O–H groups in total. The molecule has 4 rings (SSSR count). The molecule has 0 aromatic heterocycles. The van der Waals surface area contributed by atoms with Crippen molar-refractivity contribution in [3.8, 4) is 5.75 Å². The van der Waals surface area contributed by atoms with Gasteiger partial charge >= 0.3 is 0 Å². The van der Waals surface area contributed by atoms with Gasteiger partial charge in [0, 0.05) is 0 Å². The smallest absolute Gasteiger partial charge is 0.264 e. The van der Waals surface area contributed by atoms with E-state index in [0.717, 1.165) is 26.6 Å². The fourth-order valence-electron chi connectivity index (χ4n) is 4.47. The molecular weight excluding hydrogens is 576 g/mol. The van der Waals surface area contributed by atoms with Crippen molar-refractivity contribution in [1.29, 1.82) is 0 Å². The average molecular weight is 613 g/mol. The summed E-state index contributed by atoms with van der Waals surface area (Å²) in [4.78, 5) is 25.3. The summed E-state index contributed by atoms with van der Waals surface area (Å²) in [5, 5.41) is 6.91. The molecule has 44 heavy (non-hydrogen) atoms. The predicted molar refractivity (Wildman–Crippen MR) is 172 cm³/mol. The maximum atomic E-state index is 13.6. The highest BCUT2D eigenvalue weighted by atomic mass is 32.2. The van der Waals surface area contributed by atoms with Crippen LogP contribution in [0.4, 0.5) is 5.69 Å². The molecule has 0 heterocycles. The molecule has 2 amide bonds. The van der Waals surface area contributed by atoms with Gasteiger partial charge < -0.3 is 10.1 Å². The van der Waals surface area contributed by atoms with Gasteiger partial charge in [0.05, 0.1) is 22.8 Å². The molecule has 1 atom stereocenters. The summed E-state index contributed by atoms with van der Waals surface area (Å²) in [6, 6.07) is 28.2. The van der Waals surface area contributed by atoms with Crippen molar-refractivity contribution >= 4 is 33.7 Å². The standard InChI is InChI=1S/C34H36N4O5S/c1-24-10-17-31(18-11-24)44(41,42)38(32-19-12-25(2)20-26(32)3)22-33(39)37-35-21-28-13-15-30(16-14-28)43-23-34(40)36-27(4)29-8-6-5-7-9-29/h5-21,27H,22-23H2,1-4H3,(H,36,40)(H,37,39)/b35-21-/t27-/m0/s1. The van der Waals surface area contributed by atoms with Crippen LogP contribution in [0.5, 0.6) is 5.75 Å². The fraction of sp³-hybridized carbons (Fsp3) is 0.206. The highest BCUT2D eigenvalue weighted by molar-refractivity contribution is 7.92. The van der Waals surface area contributed by atoms with E-state index in [1.54, 1.807) is 55.5 Å². The van der Waals surface area contributed by atoms with Crippen LogP contribution >= 0.6 is 0 Å². The van der Waals surface area contributed by atoms with Crippen LogP contribution in [0.25, 0.3) is 0 Å². The summed E-state index contributed by atoms with van der Waals surface area (Å²) in [5.41, 5.74) is 7.13. The van der Waals surface area contributed by atoms with Crippen LogP contribution in [0.3, 0.4) is 0 Å². The first-order valence-electron chi connectivity index (χ1n) is 14.1. The Morgan fingerprint density at radius 2 is 1.52 bits per heavy atom. The Labute approximate surface area is 258 Å². The van der Waals surface area contributed by atoms with Crippen LogP contribution in [-0.2, 0) is 19.6 Å². The first-order valence-corrected chi connectivity index (χ1v) is 15.5. The lowest BCUT2D eigenvalue weighted by Crippen LogP contribution is -2.40. The lowest BCUT2D eigenvalue weighted by atomic mass is 10.1. The number of amides is 2. The summed E-state index contributed by atoms with van der Waals surface area (Å²) in [7, 11) is -4.04. The van der Waals surface area contributed by atoms with E-state index in [0.29, 0.717) is 17.0 Å². The number of nitrogens with one attached hydrogen (secondary N) is 2. The zero-order chi connectivity index (χ0) is 31.7. The van der Waals surface area contributed by atoms with E-state index in [1.807, 2.05) is 57.2 Å². The molecule has 0 unspecified atom stereocenters. The van der Waals surface area contributed by atoms with Gasteiger partial charge in [-0.2, -0.15) is 5.10 Å². The van der Waals surface area contributed by atoms with Crippen molar-refractivity contribution in [2.45, 2.75) is 38.6 Å². The summed E-state index contributed by atoms with van der Waals surface area (Å²) in [6.45, 7) is 6.90. The maximum absolute atomic E-state index is 13.6. The summed E-state index contributed by atoms with van der Waals surface area (Å²) < 4.78 is 33.9. The first kappa shape index (κ1) is 32.0. The minimum absolute atomic E-state index is 0.0878. The largest absolute Gasteiger partial charge is 0.484 e. The highest BCUT2D eigenvalue weighted by Gasteiger charge is 2.28. The van der Waals surface area contributed by atoms with Gasteiger partial charge in [-0.05, 0) is 86.8 Å². The fourth-order valence-corrected chi connectivity index (χ4v) is 5.96. The molecule has 0 radical (unpaired) electrons. The predicted octanol–water partition coefficient (Wildman–Crippen LogP) is 5.21. The molecule has 0 fully saturated rings. The van der Waals surface area contributed by atoms with E-state index in [-0.39, 0.29) is 23.5 Å². The number of anilines is 1. The van der Waals surface area contributed by atoms with Crippen molar-refractivity contribution in [3.63, 3.8) is 0 Å². The van der Waals surface area contributed by atoms with Gasteiger partial charge in [-0.1, -0.05) is 65.7 Å². The number of nitrogens with zero attached hydrogens (tertiary/aromatic N) is 2. The van der Waals surface area contributed by atoms with E-state index in [1.165, 1.54) is 18.3 Å². The number of hydrogen-bond donors (Lipinski definition) is 2. The Morgan fingerprint density at radius 3 is 2.18 bits per heavy atom. The highest BCUT2D eigenvalue weighted by Crippen LogP contribution is 2.27. The van der Waals surface area contributed by atoms with E-state index < -0.39 is 22.5 Å². The summed E-state index contributed by atoms with van der Waals surface area (Å²) in [6.07, 6.45) is 1.44. The molecule has 9 nitrogen and oxygen atoms in total. The van der Waals surface area contributed by atoms with E-state index in [9.17, 15) is 18.0 Å². The minimum atomic E-state index is -4.04. The van der Waals surface area contributed by atoms with Gasteiger partial charge in [0.2, 0.25) is 0 Å². The molecule has 4 aromatic carbocycles. The second kappa shape index (κ2) is 14.5. The van der Waals surface area contributed by atoms with Crippen LogP contribution < -0.4 is 19.8 Å². The van der Waals surface area contributed by atoms with Crippen molar-refractivity contribution in [1.82, 2.24) is 10.7 Å². The number of hydrazone groups is 1. The Morgan fingerprint density at radius 1 is 0.864 bits per heavy atom. The van der Waals surface area contributed by atoms with Crippen LogP contribution in [0, 0.1) is 20.8 Å². The lowest BCUT2D eigenvalue weighted by Gasteiger charge is -2.25. The number of rotatable bonds is 12. The second-order valence-corrected chi connectivity index (χ2v) is 12.3. The molecule has 0 aliphatic rings. The number of ether oxygens (including phenoxy) is 1. The molecular formula is C34H36N4O5S. The van der Waals surface area contributed by atoms with Gasteiger partial charge in [-0.3, -0.25) is 13.9 Å². The molecule has 0 saturated heterocycles. The SMILES string of the molecule is Cc1ccc(S(=O)(=O)N(CC(=O)N/N=C\c2ccc(OCC(=O)N[C@@H](C)c3ccccc3)cc2)c2ccc(C)cc2C)cc1. The third kappa shape index (κ3) is 8.54. The molecule has 0 aliphatic carbocycles. The van der Waals surface area contributed by atoms with Crippen molar-refractivity contribution in [3.05, 3.63) is 125 Å². The third-order valence-corrected chi connectivity index (χ3v) is 8.62. The van der Waals surface area contributed by atoms with Gasteiger partial charge in [0.25, 0.3) is 21.8 Å². The topological polar surface area (TPSA) is 117 Å². The minimum Gasteiger partial charge on any atom is -0.484 e. The van der Waals surface area contributed by atoms with Crippen LogP contribution in [-0.4, -0.2) is 39.6 Å². The number of sulfonamides is 1. The van der Waals surface area contributed by atoms with Crippen LogP contribution in [0.2, 0.25) is 0 Å². The molecule has 4 aromatic rings. The van der Waals surface area contributed by atoms with E-state index in [2.05, 4.69) is 15.8 Å². The Balaban J connectivity index is 1.35. The Kier molecular flexibility index (Phi) is 10.5. The first-order chi connectivity index (χ1) is 21.0. The molecule has 10 heteroatoms. The number of carbonyl (C=O) groups is 2. The van der Waals surface area contributed by atoms with Crippen LogP contribution in [0.1, 0.15) is 40.8 Å². The molecule has 228 valence electrons. The maximum Gasteiger partial charge on any atom is 0.264 e. The molecule has 0 spiro atoms. The van der Waals surface area contributed by atoms with Gasteiger partial charge in [0.15, 0.2) is 6.61 Å². The zero-order valence-electron chi connectivity index (χ0n) is 25.2. The lowest BCUT2D eigenvalue weighted by molar-refractivity contribution is -0.123. The van der Waals surface area contributed by atoms with Crippen molar-refractivity contribution < 1.29 is 22.7 Å². The van der Waals surface area contributed by atoms with E-state index in [4.69, 9.17) is 4.74 Å². The van der Waals surface area contributed by atoms with E-state index >= 15 is 0 Å².